The van der Waals surface area contributed by atoms with Gasteiger partial charge in [0, 0.05) is 9.61 Å². The molecule has 0 aromatic heterocycles. The van der Waals surface area contributed by atoms with Gasteiger partial charge in [0.15, 0.2) is 0 Å². The summed E-state index contributed by atoms with van der Waals surface area (Å²) in [6.07, 6.45) is 3.99. The molecule has 1 atom stereocenters. The van der Waals surface area contributed by atoms with Gasteiger partial charge in [-0.05, 0) is 71.5 Å². The molecule has 0 bridgehead atoms. The quantitative estimate of drug-likeness (QED) is 0.833. The molecule has 0 saturated heterocycles. The topological polar surface area (TPSA) is 26.0 Å². The highest BCUT2D eigenvalue weighted by Crippen LogP contribution is 2.37. The number of rotatable bonds is 2. The van der Waals surface area contributed by atoms with Crippen molar-refractivity contribution in [2.45, 2.75) is 32.2 Å². The van der Waals surface area contributed by atoms with Crippen molar-refractivity contribution in [1.82, 2.24) is 0 Å². The molecule has 0 radical (unpaired) electrons. The molecule has 0 unspecified atom stereocenters. The van der Waals surface area contributed by atoms with E-state index in [0.29, 0.717) is 0 Å². The van der Waals surface area contributed by atoms with Crippen molar-refractivity contribution in [3.05, 3.63) is 32.9 Å². The Kier molecular flexibility index (Phi) is 3.12. The van der Waals surface area contributed by atoms with Gasteiger partial charge in [-0.3, -0.25) is 0 Å². The number of nitrogens with two attached hydrogens (primary N) is 1. The monoisotopic (exact) mass is 301 g/mol. The first kappa shape index (κ1) is 10.4. The van der Waals surface area contributed by atoms with E-state index >= 15 is 0 Å². The summed E-state index contributed by atoms with van der Waals surface area (Å²) in [7, 11) is 0. The van der Waals surface area contributed by atoms with E-state index in [2.05, 4.69) is 47.7 Å². The summed E-state index contributed by atoms with van der Waals surface area (Å²) in [6, 6.07) is 6.83. The normalized spacial score (nSPS) is 19.1. The number of halogens is 1. The fraction of sp³-hybridized carbons (Fsp3) is 0.500. The summed E-state index contributed by atoms with van der Waals surface area (Å²) >= 11 is 2.35. The van der Waals surface area contributed by atoms with Gasteiger partial charge in [0.05, 0.1) is 0 Å². The molecule has 2 heteroatoms. The van der Waals surface area contributed by atoms with Gasteiger partial charge in [-0.25, -0.2) is 0 Å². The number of aryl methyl sites for hydroxylation is 1. The van der Waals surface area contributed by atoms with E-state index in [9.17, 15) is 0 Å². The van der Waals surface area contributed by atoms with Crippen molar-refractivity contribution < 1.29 is 0 Å². The number of hydrogen-bond donors (Lipinski definition) is 1. The van der Waals surface area contributed by atoms with Crippen LogP contribution in [-0.4, -0.2) is 0 Å². The van der Waals surface area contributed by atoms with Crippen molar-refractivity contribution in [1.29, 1.82) is 0 Å². The van der Waals surface area contributed by atoms with Crippen LogP contribution in [0.25, 0.3) is 0 Å². The second-order valence-electron chi connectivity index (χ2n) is 4.22. The average molecular weight is 301 g/mol. The fourth-order valence-corrected chi connectivity index (χ4v) is 2.71. The maximum absolute atomic E-state index is 6.25. The first-order valence-corrected chi connectivity index (χ1v) is 6.28. The predicted molar refractivity (Wildman–Crippen MR) is 68.2 cm³/mol. The SMILES string of the molecule is Cc1cc(I)ccc1[C@H](N)C1CCC1. The largest absolute Gasteiger partial charge is 0.324 e. The first-order valence-electron chi connectivity index (χ1n) is 5.20. The smallest absolute Gasteiger partial charge is 0.0326 e. The van der Waals surface area contributed by atoms with Crippen molar-refractivity contribution in [2.24, 2.45) is 11.7 Å². The molecular weight excluding hydrogens is 285 g/mol. The minimum absolute atomic E-state index is 0.265. The van der Waals surface area contributed by atoms with E-state index in [1.807, 2.05) is 0 Å². The lowest BCUT2D eigenvalue weighted by atomic mass is 9.77. The summed E-state index contributed by atoms with van der Waals surface area (Å²) in [6.45, 7) is 2.16. The third-order valence-electron chi connectivity index (χ3n) is 3.25. The molecule has 1 fully saturated rings. The molecule has 1 aromatic rings. The molecule has 14 heavy (non-hydrogen) atoms. The second-order valence-corrected chi connectivity index (χ2v) is 5.46. The Morgan fingerprint density at radius 2 is 2.14 bits per heavy atom. The Bertz CT molecular complexity index is 331. The Morgan fingerprint density at radius 3 is 2.64 bits per heavy atom. The third kappa shape index (κ3) is 1.96. The van der Waals surface area contributed by atoms with Gasteiger partial charge in [-0.1, -0.05) is 12.5 Å². The molecule has 2 N–H and O–H groups in total. The van der Waals surface area contributed by atoms with Crippen LogP contribution in [-0.2, 0) is 0 Å². The van der Waals surface area contributed by atoms with Crippen LogP contribution in [0.4, 0.5) is 0 Å². The molecule has 76 valence electrons. The lowest BCUT2D eigenvalue weighted by Crippen LogP contribution is -2.27. The Labute approximate surface area is 99.2 Å². The van der Waals surface area contributed by atoms with Crippen LogP contribution in [0.3, 0.4) is 0 Å². The standard InChI is InChI=1S/C12H16IN/c1-8-7-10(13)5-6-11(8)12(14)9-3-2-4-9/h5-7,9,12H,2-4,14H2,1H3/t12-/m1/s1. The Morgan fingerprint density at radius 1 is 1.43 bits per heavy atom. The van der Waals surface area contributed by atoms with E-state index in [1.165, 1.54) is 34.0 Å². The predicted octanol–water partition coefficient (Wildman–Crippen LogP) is 3.40. The Balaban J connectivity index is 2.22. The molecule has 0 aliphatic heterocycles. The molecular formula is C12H16IN. The first-order chi connectivity index (χ1) is 6.68. The van der Waals surface area contributed by atoms with Gasteiger partial charge in [0.1, 0.15) is 0 Å². The van der Waals surface area contributed by atoms with E-state index in [-0.39, 0.29) is 6.04 Å². The molecule has 0 heterocycles. The molecule has 0 amide bonds. The lowest BCUT2D eigenvalue weighted by Gasteiger charge is -2.32. The average Bonchev–Trinajstić information content (AvgIpc) is 2.00. The summed E-state index contributed by atoms with van der Waals surface area (Å²) in [4.78, 5) is 0. The summed E-state index contributed by atoms with van der Waals surface area (Å²) < 4.78 is 1.30. The Hall–Kier alpha value is -0.0900. The van der Waals surface area contributed by atoms with Gasteiger partial charge < -0.3 is 5.73 Å². The van der Waals surface area contributed by atoms with Gasteiger partial charge in [-0.2, -0.15) is 0 Å². The van der Waals surface area contributed by atoms with Gasteiger partial charge >= 0.3 is 0 Å². The molecule has 0 spiro atoms. The van der Waals surface area contributed by atoms with E-state index < -0.39 is 0 Å². The van der Waals surface area contributed by atoms with Gasteiger partial charge in [0.25, 0.3) is 0 Å². The van der Waals surface area contributed by atoms with Crippen LogP contribution in [0, 0.1) is 16.4 Å². The molecule has 1 aliphatic carbocycles. The van der Waals surface area contributed by atoms with E-state index in [4.69, 9.17) is 5.73 Å². The van der Waals surface area contributed by atoms with E-state index in [0.717, 1.165) is 5.92 Å². The maximum atomic E-state index is 6.25. The highest BCUT2D eigenvalue weighted by atomic mass is 127. The van der Waals surface area contributed by atoms with Crippen LogP contribution in [0.1, 0.15) is 36.4 Å². The summed E-state index contributed by atoms with van der Waals surface area (Å²) in [5.74, 6) is 0.730. The summed E-state index contributed by atoms with van der Waals surface area (Å²) in [5, 5.41) is 0. The molecule has 1 saturated carbocycles. The lowest BCUT2D eigenvalue weighted by molar-refractivity contribution is 0.264. The molecule has 2 rings (SSSR count). The zero-order valence-corrected chi connectivity index (χ0v) is 10.6. The molecule has 1 aliphatic rings. The maximum Gasteiger partial charge on any atom is 0.0326 e. The zero-order valence-electron chi connectivity index (χ0n) is 8.46. The minimum atomic E-state index is 0.265. The van der Waals surface area contributed by atoms with Crippen molar-refractivity contribution in [3.8, 4) is 0 Å². The summed E-state index contributed by atoms with van der Waals surface area (Å²) in [5.41, 5.74) is 8.94. The molecule has 1 aromatic carbocycles. The second kappa shape index (κ2) is 4.19. The highest BCUT2D eigenvalue weighted by Gasteiger charge is 2.26. The third-order valence-corrected chi connectivity index (χ3v) is 3.92. The van der Waals surface area contributed by atoms with Crippen molar-refractivity contribution in [3.63, 3.8) is 0 Å². The van der Waals surface area contributed by atoms with Crippen LogP contribution in [0.2, 0.25) is 0 Å². The van der Waals surface area contributed by atoms with Gasteiger partial charge in [-0.15, -0.1) is 0 Å². The number of hydrogen-bond acceptors (Lipinski definition) is 1. The zero-order chi connectivity index (χ0) is 10.1. The van der Waals surface area contributed by atoms with Crippen LogP contribution < -0.4 is 5.73 Å². The number of benzene rings is 1. The van der Waals surface area contributed by atoms with Crippen molar-refractivity contribution >= 4 is 22.6 Å². The van der Waals surface area contributed by atoms with Crippen LogP contribution in [0.15, 0.2) is 18.2 Å². The molecule has 1 nitrogen and oxygen atoms in total. The van der Waals surface area contributed by atoms with Crippen LogP contribution in [0.5, 0.6) is 0 Å². The van der Waals surface area contributed by atoms with Crippen molar-refractivity contribution in [2.75, 3.05) is 0 Å². The fourth-order valence-electron chi connectivity index (χ4n) is 2.07. The van der Waals surface area contributed by atoms with E-state index in [1.54, 1.807) is 0 Å². The highest BCUT2D eigenvalue weighted by molar-refractivity contribution is 14.1. The minimum Gasteiger partial charge on any atom is -0.324 e. The van der Waals surface area contributed by atoms with Gasteiger partial charge in [0.2, 0.25) is 0 Å². The van der Waals surface area contributed by atoms with Crippen LogP contribution >= 0.6 is 22.6 Å².